The van der Waals surface area contributed by atoms with Crippen LogP contribution in [0.25, 0.3) is 0 Å². The van der Waals surface area contributed by atoms with Crippen molar-refractivity contribution < 1.29 is 9.59 Å². The maximum Gasteiger partial charge on any atom is 0.227 e. The summed E-state index contributed by atoms with van der Waals surface area (Å²) in [5.74, 6) is 0.302. The lowest BCUT2D eigenvalue weighted by Gasteiger charge is -2.27. The topological polar surface area (TPSA) is 40.6 Å². The van der Waals surface area contributed by atoms with Crippen LogP contribution in [-0.4, -0.2) is 29.3 Å². The highest BCUT2D eigenvalue weighted by Gasteiger charge is 2.22. The first-order valence-electron chi connectivity index (χ1n) is 9.27. The summed E-state index contributed by atoms with van der Waals surface area (Å²) in [5, 5.41) is 0. The maximum atomic E-state index is 12.8. The fourth-order valence-corrected chi connectivity index (χ4v) is 3.33. The third-order valence-corrected chi connectivity index (χ3v) is 4.82. The lowest BCUT2D eigenvalue weighted by atomic mass is 10.1. The first kappa shape index (κ1) is 18.2. The Hall–Kier alpha value is -2.62. The molecule has 1 aliphatic rings. The molecule has 0 saturated carbocycles. The van der Waals surface area contributed by atoms with Crippen molar-refractivity contribution >= 4 is 17.5 Å². The Kier molecular flexibility index (Phi) is 5.71. The van der Waals surface area contributed by atoms with E-state index in [0.717, 1.165) is 29.8 Å². The first-order valence-corrected chi connectivity index (χ1v) is 9.27. The van der Waals surface area contributed by atoms with Crippen molar-refractivity contribution in [2.24, 2.45) is 0 Å². The van der Waals surface area contributed by atoms with Gasteiger partial charge in [0.1, 0.15) is 0 Å². The molecule has 0 bridgehead atoms. The largest absolute Gasteiger partial charge is 0.336 e. The van der Waals surface area contributed by atoms with Crippen LogP contribution in [0.5, 0.6) is 0 Å². The normalized spacial score (nSPS) is 14.1. The Balaban J connectivity index is 1.66. The summed E-state index contributed by atoms with van der Waals surface area (Å²) in [4.78, 5) is 28.4. The molecule has 136 valence electrons. The Morgan fingerprint density at radius 3 is 2.31 bits per heavy atom. The number of benzene rings is 2. The van der Waals surface area contributed by atoms with E-state index in [1.165, 1.54) is 0 Å². The molecule has 1 saturated heterocycles. The van der Waals surface area contributed by atoms with Crippen LogP contribution in [0.15, 0.2) is 54.6 Å². The molecule has 0 aliphatic carbocycles. The molecule has 2 aromatic rings. The zero-order chi connectivity index (χ0) is 18.5. The molecule has 0 aromatic heterocycles. The molecule has 1 aliphatic heterocycles. The molecule has 2 aromatic carbocycles. The van der Waals surface area contributed by atoms with Crippen LogP contribution >= 0.6 is 0 Å². The van der Waals surface area contributed by atoms with Crippen molar-refractivity contribution in [1.82, 2.24) is 4.90 Å². The van der Waals surface area contributed by atoms with Gasteiger partial charge in [0.2, 0.25) is 11.8 Å². The van der Waals surface area contributed by atoms with Gasteiger partial charge in [-0.2, -0.15) is 0 Å². The predicted octanol–water partition coefficient (Wildman–Crippen LogP) is 3.79. The highest BCUT2D eigenvalue weighted by molar-refractivity contribution is 5.95. The van der Waals surface area contributed by atoms with E-state index in [1.807, 2.05) is 78.2 Å². The van der Waals surface area contributed by atoms with E-state index in [1.54, 1.807) is 0 Å². The van der Waals surface area contributed by atoms with Gasteiger partial charge in [0.25, 0.3) is 0 Å². The van der Waals surface area contributed by atoms with Crippen LogP contribution in [0, 0.1) is 0 Å². The minimum Gasteiger partial charge on any atom is -0.336 e. The van der Waals surface area contributed by atoms with Crippen LogP contribution in [0.1, 0.15) is 37.8 Å². The number of amides is 2. The Morgan fingerprint density at radius 1 is 1.04 bits per heavy atom. The van der Waals surface area contributed by atoms with Crippen molar-refractivity contribution in [3.8, 4) is 0 Å². The minimum absolute atomic E-state index is 0.119. The molecular formula is C22H26N2O2. The zero-order valence-electron chi connectivity index (χ0n) is 15.5. The third-order valence-electron chi connectivity index (χ3n) is 4.82. The molecule has 4 heteroatoms. The summed E-state index contributed by atoms with van der Waals surface area (Å²) >= 11 is 0. The Morgan fingerprint density at radius 2 is 1.73 bits per heavy atom. The fraction of sp³-hybridized carbons (Fsp3) is 0.364. The molecule has 2 amide bonds. The number of rotatable bonds is 6. The standard InChI is InChI=1S/C22H26N2O2/c1-17(2)24(16-19-7-4-3-5-8-19)22(26)15-18-10-12-20(13-11-18)23-14-6-9-21(23)25/h3-5,7-8,10-13,17H,6,9,14-16H2,1-2H3. The van der Waals surface area contributed by atoms with Gasteiger partial charge in [0, 0.05) is 31.2 Å². The van der Waals surface area contributed by atoms with Crippen molar-refractivity contribution in [3.63, 3.8) is 0 Å². The second-order valence-corrected chi connectivity index (χ2v) is 7.09. The number of carbonyl (C=O) groups is 2. The summed E-state index contributed by atoms with van der Waals surface area (Å²) < 4.78 is 0. The van der Waals surface area contributed by atoms with Gasteiger partial charge in [-0.15, -0.1) is 0 Å². The van der Waals surface area contributed by atoms with E-state index in [0.29, 0.717) is 19.4 Å². The smallest absolute Gasteiger partial charge is 0.227 e. The summed E-state index contributed by atoms with van der Waals surface area (Å²) in [5.41, 5.74) is 3.04. The highest BCUT2D eigenvalue weighted by atomic mass is 16.2. The van der Waals surface area contributed by atoms with E-state index in [-0.39, 0.29) is 17.9 Å². The molecule has 0 N–H and O–H groups in total. The number of hydrogen-bond donors (Lipinski definition) is 0. The van der Waals surface area contributed by atoms with Crippen molar-refractivity contribution in [2.45, 2.75) is 45.7 Å². The molecule has 0 radical (unpaired) electrons. The van der Waals surface area contributed by atoms with Crippen molar-refractivity contribution in [3.05, 3.63) is 65.7 Å². The molecular weight excluding hydrogens is 324 g/mol. The lowest BCUT2D eigenvalue weighted by Crippen LogP contribution is -2.37. The van der Waals surface area contributed by atoms with Gasteiger partial charge in [0.05, 0.1) is 6.42 Å². The second-order valence-electron chi connectivity index (χ2n) is 7.09. The molecule has 0 spiro atoms. The molecule has 1 heterocycles. The summed E-state index contributed by atoms with van der Waals surface area (Å²) in [7, 11) is 0. The predicted molar refractivity (Wildman–Crippen MR) is 104 cm³/mol. The average molecular weight is 350 g/mol. The molecule has 4 nitrogen and oxygen atoms in total. The van der Waals surface area contributed by atoms with E-state index in [2.05, 4.69) is 0 Å². The van der Waals surface area contributed by atoms with Crippen LogP contribution in [0.2, 0.25) is 0 Å². The maximum absolute atomic E-state index is 12.8. The lowest BCUT2D eigenvalue weighted by molar-refractivity contribution is -0.132. The zero-order valence-corrected chi connectivity index (χ0v) is 15.5. The Labute approximate surface area is 155 Å². The van der Waals surface area contributed by atoms with Gasteiger partial charge in [-0.05, 0) is 43.5 Å². The van der Waals surface area contributed by atoms with Gasteiger partial charge in [-0.1, -0.05) is 42.5 Å². The van der Waals surface area contributed by atoms with E-state index in [9.17, 15) is 9.59 Å². The third kappa shape index (κ3) is 4.31. The molecule has 1 fully saturated rings. The van der Waals surface area contributed by atoms with Gasteiger partial charge in [-0.3, -0.25) is 9.59 Å². The van der Waals surface area contributed by atoms with Gasteiger partial charge in [-0.25, -0.2) is 0 Å². The Bertz CT molecular complexity index is 753. The van der Waals surface area contributed by atoms with Crippen LogP contribution < -0.4 is 4.90 Å². The number of anilines is 1. The summed E-state index contributed by atoms with van der Waals surface area (Å²) in [6, 6.07) is 18.0. The molecule has 26 heavy (non-hydrogen) atoms. The monoisotopic (exact) mass is 350 g/mol. The summed E-state index contributed by atoms with van der Waals surface area (Å²) in [6.45, 7) is 5.50. The van der Waals surface area contributed by atoms with Gasteiger partial charge in [0.15, 0.2) is 0 Å². The first-order chi connectivity index (χ1) is 12.5. The molecule has 0 atom stereocenters. The minimum atomic E-state index is 0.119. The number of hydrogen-bond acceptors (Lipinski definition) is 2. The van der Waals surface area contributed by atoms with Gasteiger partial charge < -0.3 is 9.80 Å². The average Bonchev–Trinajstić information content (AvgIpc) is 3.07. The van der Waals surface area contributed by atoms with Crippen molar-refractivity contribution in [2.75, 3.05) is 11.4 Å². The highest BCUT2D eigenvalue weighted by Crippen LogP contribution is 2.22. The molecule has 0 unspecified atom stereocenters. The van der Waals surface area contributed by atoms with Gasteiger partial charge >= 0.3 is 0 Å². The van der Waals surface area contributed by atoms with E-state index >= 15 is 0 Å². The van der Waals surface area contributed by atoms with Crippen molar-refractivity contribution in [1.29, 1.82) is 0 Å². The fourth-order valence-electron chi connectivity index (χ4n) is 3.33. The quantitative estimate of drug-likeness (QED) is 0.795. The van der Waals surface area contributed by atoms with Crippen LogP contribution in [0.4, 0.5) is 5.69 Å². The second kappa shape index (κ2) is 8.17. The van der Waals surface area contributed by atoms with Crippen LogP contribution in [-0.2, 0) is 22.6 Å². The van der Waals surface area contributed by atoms with E-state index < -0.39 is 0 Å². The molecule has 3 rings (SSSR count). The summed E-state index contributed by atoms with van der Waals surface area (Å²) in [6.07, 6.45) is 1.92. The number of carbonyl (C=O) groups excluding carboxylic acids is 2. The number of nitrogens with zero attached hydrogens (tertiary/aromatic N) is 2. The van der Waals surface area contributed by atoms with E-state index in [4.69, 9.17) is 0 Å². The SMILES string of the molecule is CC(C)N(Cc1ccccc1)C(=O)Cc1ccc(N2CCCC2=O)cc1. The van der Waals surface area contributed by atoms with Crippen LogP contribution in [0.3, 0.4) is 0 Å².